The van der Waals surface area contributed by atoms with Crippen molar-refractivity contribution in [1.82, 2.24) is 0 Å². The fourth-order valence-corrected chi connectivity index (χ4v) is 2.43. The lowest BCUT2D eigenvalue weighted by Crippen LogP contribution is -2.54. The molecule has 1 aromatic rings. The van der Waals surface area contributed by atoms with E-state index in [4.69, 9.17) is 5.73 Å². The first-order valence-corrected chi connectivity index (χ1v) is 5.32. The van der Waals surface area contributed by atoms with Crippen molar-refractivity contribution in [3.05, 3.63) is 39.7 Å². The summed E-state index contributed by atoms with van der Waals surface area (Å²) >= 11 is 0. The molecule has 0 amide bonds. The molecule has 1 saturated carbocycles. The van der Waals surface area contributed by atoms with Crippen LogP contribution in [0.25, 0.3) is 0 Å². The largest absolute Gasteiger partial charge is 0.330 e. The fraction of sp³-hybridized carbons (Fsp3) is 0.455. The van der Waals surface area contributed by atoms with Gasteiger partial charge >= 0.3 is 0 Å². The highest BCUT2D eigenvalue weighted by Gasteiger charge is 2.57. The van der Waals surface area contributed by atoms with Gasteiger partial charge in [-0.05, 0) is 11.6 Å². The van der Waals surface area contributed by atoms with Crippen LogP contribution >= 0.6 is 0 Å². The molecule has 1 fully saturated rings. The third kappa shape index (κ3) is 1.94. The molecule has 1 aliphatic rings. The number of benzene rings is 1. The molecule has 0 unspecified atom stereocenters. The summed E-state index contributed by atoms with van der Waals surface area (Å²) in [5.41, 5.74) is 3.97. The second-order valence-electron chi connectivity index (χ2n) is 4.62. The predicted octanol–water partition coefficient (Wildman–Crippen LogP) is 2.36. The average Bonchev–Trinajstić information content (AvgIpc) is 2.25. The van der Waals surface area contributed by atoms with Crippen molar-refractivity contribution in [1.29, 1.82) is 0 Å². The Balaban J connectivity index is 2.37. The molecule has 2 N–H and O–H groups in total. The topological polar surface area (TPSA) is 69.2 Å². The zero-order valence-corrected chi connectivity index (χ0v) is 9.33. The van der Waals surface area contributed by atoms with Crippen molar-refractivity contribution in [3.63, 3.8) is 0 Å². The van der Waals surface area contributed by atoms with Gasteiger partial charge in [-0.2, -0.15) is 0 Å². The molecule has 7 heteroatoms. The smallest absolute Gasteiger partial charge is 0.272 e. The third-order valence-electron chi connectivity index (χ3n) is 3.32. The number of rotatable bonds is 3. The lowest BCUT2D eigenvalue weighted by atomic mass is 9.62. The van der Waals surface area contributed by atoms with Crippen LogP contribution in [0.5, 0.6) is 0 Å². The first-order chi connectivity index (χ1) is 8.30. The molecule has 2 rings (SSSR count). The van der Waals surface area contributed by atoms with E-state index in [-0.39, 0.29) is 12.1 Å². The van der Waals surface area contributed by atoms with E-state index in [1.165, 1.54) is 6.07 Å². The normalized spacial score (nSPS) is 20.2. The monoisotopic (exact) mass is 260 g/mol. The van der Waals surface area contributed by atoms with E-state index in [0.29, 0.717) is 0 Å². The van der Waals surface area contributed by atoms with Gasteiger partial charge in [0, 0.05) is 30.9 Å². The quantitative estimate of drug-likeness (QED) is 0.670. The summed E-state index contributed by atoms with van der Waals surface area (Å²) in [6, 6.07) is 3.02. The Hall–Kier alpha value is -1.63. The van der Waals surface area contributed by atoms with Crippen LogP contribution in [0.2, 0.25) is 0 Å². The van der Waals surface area contributed by atoms with E-state index in [2.05, 4.69) is 0 Å². The number of nitro benzene ring substituents is 1. The molecule has 0 spiro atoms. The van der Waals surface area contributed by atoms with Crippen LogP contribution in [0.4, 0.5) is 18.9 Å². The Kier molecular flexibility index (Phi) is 2.81. The molecule has 0 radical (unpaired) electrons. The highest BCUT2D eigenvalue weighted by atomic mass is 19.3. The summed E-state index contributed by atoms with van der Waals surface area (Å²) < 4.78 is 39.7. The summed E-state index contributed by atoms with van der Waals surface area (Å²) in [5, 5.41) is 10.5. The Morgan fingerprint density at radius 1 is 1.39 bits per heavy atom. The first kappa shape index (κ1) is 12.8. The van der Waals surface area contributed by atoms with E-state index in [9.17, 15) is 23.3 Å². The lowest BCUT2D eigenvalue weighted by molar-refractivity contribution is -0.385. The summed E-state index contributed by atoms with van der Waals surface area (Å²) in [6.07, 6.45) is -1.05. The van der Waals surface area contributed by atoms with E-state index < -0.39 is 40.6 Å². The molecule has 1 aliphatic carbocycles. The second-order valence-corrected chi connectivity index (χ2v) is 4.62. The number of nitrogens with zero attached hydrogens (tertiary/aromatic N) is 1. The van der Waals surface area contributed by atoms with Crippen LogP contribution in [-0.2, 0) is 5.41 Å². The molecule has 18 heavy (non-hydrogen) atoms. The van der Waals surface area contributed by atoms with Gasteiger partial charge in [0.15, 0.2) is 0 Å². The molecule has 1 aromatic carbocycles. The van der Waals surface area contributed by atoms with Gasteiger partial charge < -0.3 is 5.73 Å². The fourth-order valence-electron chi connectivity index (χ4n) is 2.43. The number of halogens is 3. The van der Waals surface area contributed by atoms with Gasteiger partial charge in [-0.3, -0.25) is 10.1 Å². The molecule has 0 atom stereocenters. The standard InChI is InChI=1S/C11H11F3N2O2/c12-9-3-7(16(17)18)1-2-8(9)10(6-15)4-11(13,14)5-10/h1-3H,4-6,15H2. The molecule has 0 heterocycles. The molecule has 0 saturated heterocycles. The van der Waals surface area contributed by atoms with Crippen molar-refractivity contribution in [3.8, 4) is 0 Å². The van der Waals surface area contributed by atoms with Crippen LogP contribution in [-0.4, -0.2) is 17.4 Å². The number of non-ortho nitro benzene ring substituents is 1. The average molecular weight is 260 g/mol. The Labute approximate surface area is 101 Å². The zero-order valence-electron chi connectivity index (χ0n) is 9.33. The van der Waals surface area contributed by atoms with Gasteiger partial charge in [0.25, 0.3) is 5.69 Å². The molecule has 4 nitrogen and oxygen atoms in total. The van der Waals surface area contributed by atoms with Gasteiger partial charge in [0.2, 0.25) is 5.92 Å². The Morgan fingerprint density at radius 3 is 2.39 bits per heavy atom. The Bertz CT molecular complexity index is 497. The van der Waals surface area contributed by atoms with Gasteiger partial charge in [0.1, 0.15) is 5.82 Å². The van der Waals surface area contributed by atoms with Gasteiger partial charge in [0.05, 0.1) is 11.0 Å². The van der Waals surface area contributed by atoms with E-state index in [1.54, 1.807) is 0 Å². The first-order valence-electron chi connectivity index (χ1n) is 5.32. The minimum absolute atomic E-state index is 0.0292. The highest BCUT2D eigenvalue weighted by molar-refractivity contribution is 5.40. The van der Waals surface area contributed by atoms with Crippen molar-refractivity contribution < 1.29 is 18.1 Å². The zero-order chi connectivity index (χ0) is 13.6. The summed E-state index contributed by atoms with van der Waals surface area (Å²) in [5.74, 6) is -3.70. The second kappa shape index (κ2) is 3.94. The molecule has 0 bridgehead atoms. The van der Waals surface area contributed by atoms with E-state index in [0.717, 1.165) is 12.1 Å². The van der Waals surface area contributed by atoms with Crippen LogP contribution in [0, 0.1) is 15.9 Å². The van der Waals surface area contributed by atoms with Crippen molar-refractivity contribution >= 4 is 5.69 Å². The van der Waals surface area contributed by atoms with Crippen LogP contribution in [0.3, 0.4) is 0 Å². The number of hydrogen-bond donors (Lipinski definition) is 1. The number of alkyl halides is 2. The lowest BCUT2D eigenvalue weighted by Gasteiger charge is -2.47. The van der Waals surface area contributed by atoms with Gasteiger partial charge in [-0.15, -0.1) is 0 Å². The van der Waals surface area contributed by atoms with Gasteiger partial charge in [-0.1, -0.05) is 0 Å². The minimum atomic E-state index is -2.84. The molecule has 98 valence electrons. The van der Waals surface area contributed by atoms with Crippen LogP contribution in [0.15, 0.2) is 18.2 Å². The minimum Gasteiger partial charge on any atom is -0.330 e. The van der Waals surface area contributed by atoms with E-state index in [1.807, 2.05) is 0 Å². The predicted molar refractivity (Wildman–Crippen MR) is 58.0 cm³/mol. The van der Waals surface area contributed by atoms with Crippen LogP contribution in [0.1, 0.15) is 18.4 Å². The molecule has 0 aliphatic heterocycles. The van der Waals surface area contributed by atoms with Crippen molar-refractivity contribution in [2.24, 2.45) is 5.73 Å². The maximum absolute atomic E-state index is 13.8. The number of nitrogens with two attached hydrogens (primary N) is 1. The van der Waals surface area contributed by atoms with Crippen LogP contribution < -0.4 is 5.73 Å². The molecule has 0 aromatic heterocycles. The SMILES string of the molecule is NCC1(c2ccc([N+](=O)[O-])cc2F)CC(F)(F)C1. The summed E-state index contributed by atoms with van der Waals surface area (Å²) in [4.78, 5) is 9.73. The summed E-state index contributed by atoms with van der Waals surface area (Å²) in [7, 11) is 0. The highest BCUT2D eigenvalue weighted by Crippen LogP contribution is 2.53. The maximum atomic E-state index is 13.8. The maximum Gasteiger partial charge on any atom is 0.272 e. The number of hydrogen-bond acceptors (Lipinski definition) is 3. The Morgan fingerprint density at radius 2 is 2.00 bits per heavy atom. The summed E-state index contributed by atoms with van der Waals surface area (Å²) in [6.45, 7) is -0.114. The van der Waals surface area contributed by atoms with E-state index >= 15 is 0 Å². The van der Waals surface area contributed by atoms with Gasteiger partial charge in [-0.25, -0.2) is 13.2 Å². The molecular weight excluding hydrogens is 249 g/mol. The molecular formula is C11H11F3N2O2. The third-order valence-corrected chi connectivity index (χ3v) is 3.32. The van der Waals surface area contributed by atoms with Crippen molar-refractivity contribution in [2.75, 3.05) is 6.54 Å². The van der Waals surface area contributed by atoms with Crippen molar-refractivity contribution in [2.45, 2.75) is 24.2 Å². The number of nitro groups is 1.